The maximum atomic E-state index is 11.8. The number of anilines is 2. The minimum Gasteiger partial charge on any atom is -0.381 e. The van der Waals surface area contributed by atoms with Crippen molar-refractivity contribution < 1.29 is 4.79 Å². The van der Waals surface area contributed by atoms with Crippen LogP contribution in [0, 0.1) is 0 Å². The van der Waals surface area contributed by atoms with E-state index in [0.717, 1.165) is 11.0 Å². The predicted octanol–water partition coefficient (Wildman–Crippen LogP) is 1.10. The Morgan fingerprint density at radius 3 is 2.42 bits per heavy atom. The second kappa shape index (κ2) is 5.09. The Morgan fingerprint density at radius 1 is 1.26 bits per heavy atom. The highest BCUT2D eigenvalue weighted by atomic mass is 16.2. The van der Waals surface area contributed by atoms with Gasteiger partial charge in [-0.1, -0.05) is 12.1 Å². The fraction of sp³-hybridized carbons (Fsp3) is 0.308. The Hall–Kier alpha value is -2.37. The highest BCUT2D eigenvalue weighted by Crippen LogP contribution is 2.19. The number of nitrogen functional groups attached to an aromatic ring is 1. The minimum absolute atomic E-state index is 0.0469. The first kappa shape index (κ1) is 13.1. The number of hydrogen-bond acceptors (Lipinski definition) is 5. The average Bonchev–Trinajstić information content (AvgIpc) is 2.38. The number of fused-ring (bicyclic) bond motifs is 1. The number of likely N-dealkylation sites (N-methyl/N-ethyl adjacent to an activating group) is 1. The van der Waals surface area contributed by atoms with Crippen LogP contribution in [0.25, 0.3) is 11.0 Å². The largest absolute Gasteiger partial charge is 0.381 e. The fourth-order valence-electron chi connectivity index (χ4n) is 1.77. The summed E-state index contributed by atoms with van der Waals surface area (Å²) in [6.45, 7) is 1.76. The van der Waals surface area contributed by atoms with E-state index < -0.39 is 6.04 Å². The van der Waals surface area contributed by atoms with E-state index in [1.54, 1.807) is 21.0 Å². The monoisotopic (exact) mass is 259 g/mol. The van der Waals surface area contributed by atoms with Crippen molar-refractivity contribution in [3.63, 3.8) is 0 Å². The van der Waals surface area contributed by atoms with Crippen LogP contribution in [-0.2, 0) is 4.79 Å². The van der Waals surface area contributed by atoms with E-state index in [0.29, 0.717) is 5.82 Å². The number of amides is 1. The van der Waals surface area contributed by atoms with Crippen LogP contribution < -0.4 is 11.1 Å². The van der Waals surface area contributed by atoms with Gasteiger partial charge in [0.2, 0.25) is 5.91 Å². The molecule has 1 atom stereocenters. The molecule has 2 aromatic rings. The molecule has 1 amide bonds. The maximum Gasteiger partial charge on any atom is 0.244 e. The molecular weight excluding hydrogens is 242 g/mol. The van der Waals surface area contributed by atoms with Crippen molar-refractivity contribution in [1.82, 2.24) is 14.9 Å². The van der Waals surface area contributed by atoms with Gasteiger partial charge in [0.05, 0.1) is 11.0 Å². The second-order valence-electron chi connectivity index (χ2n) is 4.54. The van der Waals surface area contributed by atoms with Gasteiger partial charge in [-0.25, -0.2) is 9.97 Å². The zero-order valence-electron chi connectivity index (χ0n) is 11.2. The van der Waals surface area contributed by atoms with E-state index in [4.69, 9.17) is 5.73 Å². The molecule has 0 aliphatic carbocycles. The number of rotatable bonds is 3. The quantitative estimate of drug-likeness (QED) is 0.862. The van der Waals surface area contributed by atoms with Crippen LogP contribution in [0.2, 0.25) is 0 Å². The van der Waals surface area contributed by atoms with E-state index in [2.05, 4.69) is 15.3 Å². The lowest BCUT2D eigenvalue weighted by molar-refractivity contribution is -0.129. The van der Waals surface area contributed by atoms with Crippen molar-refractivity contribution in [1.29, 1.82) is 0 Å². The van der Waals surface area contributed by atoms with E-state index in [9.17, 15) is 4.79 Å². The summed E-state index contributed by atoms with van der Waals surface area (Å²) in [6.07, 6.45) is 0. The van der Waals surface area contributed by atoms with Gasteiger partial charge in [0.25, 0.3) is 0 Å². The molecule has 6 heteroatoms. The number of benzene rings is 1. The normalized spacial score (nSPS) is 12.2. The fourth-order valence-corrected chi connectivity index (χ4v) is 1.77. The first-order chi connectivity index (χ1) is 8.99. The molecule has 1 aromatic heterocycles. The summed E-state index contributed by atoms with van der Waals surface area (Å²) < 4.78 is 0. The van der Waals surface area contributed by atoms with E-state index in [1.165, 1.54) is 4.90 Å². The Bertz CT molecular complexity index is 611. The summed E-state index contributed by atoms with van der Waals surface area (Å²) in [6, 6.07) is 7.04. The van der Waals surface area contributed by atoms with Crippen LogP contribution in [0.5, 0.6) is 0 Å². The number of nitrogens with two attached hydrogens (primary N) is 1. The van der Waals surface area contributed by atoms with Crippen molar-refractivity contribution >= 4 is 28.6 Å². The molecule has 0 bridgehead atoms. The third-order valence-electron chi connectivity index (χ3n) is 2.76. The Labute approximate surface area is 111 Å². The SMILES string of the molecule is CC(Nc1nc2ccccc2nc1N)C(=O)N(C)C. The summed E-state index contributed by atoms with van der Waals surface area (Å²) in [5.41, 5.74) is 7.32. The van der Waals surface area contributed by atoms with Crippen LogP contribution in [-0.4, -0.2) is 40.9 Å². The molecule has 0 saturated carbocycles. The molecule has 1 aromatic carbocycles. The third-order valence-corrected chi connectivity index (χ3v) is 2.76. The van der Waals surface area contributed by atoms with Gasteiger partial charge in [-0.2, -0.15) is 0 Å². The van der Waals surface area contributed by atoms with Crippen LogP contribution >= 0.6 is 0 Å². The average molecular weight is 259 g/mol. The molecule has 2 rings (SSSR count). The van der Waals surface area contributed by atoms with E-state index in [-0.39, 0.29) is 11.7 Å². The van der Waals surface area contributed by atoms with Gasteiger partial charge < -0.3 is 16.0 Å². The molecule has 0 aliphatic rings. The Kier molecular flexibility index (Phi) is 3.50. The van der Waals surface area contributed by atoms with Gasteiger partial charge >= 0.3 is 0 Å². The molecule has 6 nitrogen and oxygen atoms in total. The summed E-state index contributed by atoms with van der Waals surface area (Å²) in [5, 5.41) is 2.99. The van der Waals surface area contributed by atoms with Crippen molar-refractivity contribution in [2.24, 2.45) is 0 Å². The van der Waals surface area contributed by atoms with Crippen LogP contribution in [0.1, 0.15) is 6.92 Å². The van der Waals surface area contributed by atoms with E-state index in [1.807, 2.05) is 24.3 Å². The van der Waals surface area contributed by atoms with Crippen molar-refractivity contribution in [2.75, 3.05) is 25.1 Å². The lowest BCUT2D eigenvalue weighted by Crippen LogP contribution is -2.37. The zero-order chi connectivity index (χ0) is 14.0. The number of aromatic nitrogens is 2. The van der Waals surface area contributed by atoms with Gasteiger partial charge in [-0.05, 0) is 19.1 Å². The number of carbonyl (C=O) groups excluding carboxylic acids is 1. The van der Waals surface area contributed by atoms with Crippen molar-refractivity contribution in [2.45, 2.75) is 13.0 Å². The molecular formula is C13H17N5O. The van der Waals surface area contributed by atoms with Gasteiger partial charge in [-0.15, -0.1) is 0 Å². The lowest BCUT2D eigenvalue weighted by atomic mass is 10.3. The van der Waals surface area contributed by atoms with Crippen LogP contribution in [0.15, 0.2) is 24.3 Å². The molecule has 19 heavy (non-hydrogen) atoms. The van der Waals surface area contributed by atoms with Crippen molar-refractivity contribution in [3.8, 4) is 0 Å². The smallest absolute Gasteiger partial charge is 0.244 e. The number of nitrogens with one attached hydrogen (secondary N) is 1. The molecule has 100 valence electrons. The first-order valence-corrected chi connectivity index (χ1v) is 5.99. The number of carbonyl (C=O) groups is 1. The van der Waals surface area contributed by atoms with Crippen molar-refractivity contribution in [3.05, 3.63) is 24.3 Å². The van der Waals surface area contributed by atoms with Gasteiger partial charge in [0, 0.05) is 14.1 Å². The molecule has 1 heterocycles. The van der Waals surface area contributed by atoms with Crippen LogP contribution in [0.4, 0.5) is 11.6 Å². The lowest BCUT2D eigenvalue weighted by Gasteiger charge is -2.19. The predicted molar refractivity (Wildman–Crippen MR) is 75.7 cm³/mol. The summed E-state index contributed by atoms with van der Waals surface area (Å²) in [5.74, 6) is 0.674. The zero-order valence-corrected chi connectivity index (χ0v) is 11.2. The standard InChI is InChI=1S/C13H17N5O/c1-8(13(19)18(2)3)15-12-11(14)16-9-6-4-5-7-10(9)17-12/h4-8H,1-3H3,(H2,14,16)(H,15,17). The van der Waals surface area contributed by atoms with Gasteiger partial charge in [-0.3, -0.25) is 4.79 Å². The molecule has 1 unspecified atom stereocenters. The second-order valence-corrected chi connectivity index (χ2v) is 4.54. The summed E-state index contributed by atoms with van der Waals surface area (Å²) >= 11 is 0. The summed E-state index contributed by atoms with van der Waals surface area (Å²) in [7, 11) is 3.41. The molecule has 0 saturated heterocycles. The minimum atomic E-state index is -0.409. The molecule has 0 aliphatic heterocycles. The maximum absolute atomic E-state index is 11.8. The Balaban J connectivity index is 2.30. The number of para-hydroxylation sites is 2. The summed E-state index contributed by atoms with van der Waals surface area (Å²) in [4.78, 5) is 22.0. The number of hydrogen-bond donors (Lipinski definition) is 2. The Morgan fingerprint density at radius 2 is 1.84 bits per heavy atom. The molecule has 0 radical (unpaired) electrons. The first-order valence-electron chi connectivity index (χ1n) is 5.99. The highest BCUT2D eigenvalue weighted by Gasteiger charge is 2.16. The molecule has 0 fully saturated rings. The third kappa shape index (κ3) is 2.73. The van der Waals surface area contributed by atoms with Gasteiger partial charge in [0.15, 0.2) is 11.6 Å². The molecule has 3 N–H and O–H groups in total. The highest BCUT2D eigenvalue weighted by molar-refractivity contribution is 5.85. The van der Waals surface area contributed by atoms with E-state index >= 15 is 0 Å². The topological polar surface area (TPSA) is 84.1 Å². The number of nitrogens with zero attached hydrogens (tertiary/aromatic N) is 3. The van der Waals surface area contributed by atoms with Gasteiger partial charge in [0.1, 0.15) is 6.04 Å². The van der Waals surface area contributed by atoms with Crippen LogP contribution in [0.3, 0.4) is 0 Å². The molecule has 0 spiro atoms.